The van der Waals surface area contributed by atoms with E-state index in [-0.39, 0.29) is 18.9 Å². The molecule has 0 rings (SSSR count). The van der Waals surface area contributed by atoms with Crippen molar-refractivity contribution in [3.05, 3.63) is 0 Å². The number of hydrogen-bond acceptors (Lipinski definition) is 6. The fourth-order valence-corrected chi connectivity index (χ4v) is 1.20. The molecule has 0 aromatic carbocycles. The van der Waals surface area contributed by atoms with Crippen molar-refractivity contribution in [2.24, 2.45) is 5.92 Å². The summed E-state index contributed by atoms with van der Waals surface area (Å²) < 4.78 is 37.3. The first-order valence-corrected chi connectivity index (χ1v) is 7.23. The van der Waals surface area contributed by atoms with E-state index < -0.39 is 33.2 Å². The van der Waals surface area contributed by atoms with Gasteiger partial charge in [-0.1, -0.05) is 13.8 Å². The third-order valence-electron chi connectivity index (χ3n) is 1.78. The number of nitrogens with one attached hydrogen (secondary N) is 1. The van der Waals surface area contributed by atoms with Crippen LogP contribution in [0, 0.1) is 5.92 Å². The van der Waals surface area contributed by atoms with Crippen molar-refractivity contribution in [2.75, 3.05) is 20.1 Å². The third-order valence-corrected chi connectivity index (χ3v) is 2.33. The van der Waals surface area contributed by atoms with Crippen molar-refractivity contribution in [3.63, 3.8) is 0 Å². The monoisotopic (exact) mass is 298 g/mol. The zero-order valence-corrected chi connectivity index (χ0v) is 11.9. The van der Waals surface area contributed by atoms with Crippen LogP contribution >= 0.6 is 8.03 Å². The molecule has 0 heterocycles. The molecule has 7 nitrogen and oxygen atoms in total. The standard InChI is InChI=1S/C10H17FNO6P/c1-7(2)9(13)16-6-17-10(14)12-8(11)4-5-18-19(3)15/h7-8H,4-6H2,1-3H3/p+1. The molecule has 1 N–H and O–H groups in total. The number of halogens is 1. The Labute approximate surface area is 111 Å². The van der Waals surface area contributed by atoms with Crippen LogP contribution < -0.4 is 5.32 Å². The topological polar surface area (TPSA) is 90.9 Å². The van der Waals surface area contributed by atoms with Crippen LogP contribution in [0.5, 0.6) is 0 Å². The maximum Gasteiger partial charge on any atom is 0.504 e. The largest absolute Gasteiger partial charge is 0.504 e. The second kappa shape index (κ2) is 9.63. The Morgan fingerprint density at radius 1 is 1.32 bits per heavy atom. The lowest BCUT2D eigenvalue weighted by molar-refractivity contribution is -0.155. The number of hydrogen-bond donors (Lipinski definition) is 1. The number of ether oxygens (including phenoxy) is 2. The molecule has 0 bridgehead atoms. The van der Waals surface area contributed by atoms with Crippen LogP contribution in [0.4, 0.5) is 9.18 Å². The smallest absolute Gasteiger partial charge is 0.428 e. The molecule has 2 atom stereocenters. The minimum absolute atomic E-state index is 0.0878. The molecule has 0 saturated heterocycles. The number of esters is 1. The van der Waals surface area contributed by atoms with Crippen LogP contribution in [0.25, 0.3) is 0 Å². The highest BCUT2D eigenvalue weighted by Gasteiger charge is 2.15. The lowest BCUT2D eigenvalue weighted by Gasteiger charge is -2.10. The summed E-state index contributed by atoms with van der Waals surface area (Å²) in [6.07, 6.45) is -2.90. The SMILES string of the molecule is CC(C)C(=O)OCOC(=O)NC(F)CCO[P+](C)=O. The van der Waals surface area contributed by atoms with Crippen LogP contribution in [0.15, 0.2) is 0 Å². The normalized spacial score (nSPS) is 12.8. The van der Waals surface area contributed by atoms with E-state index in [4.69, 9.17) is 0 Å². The van der Waals surface area contributed by atoms with E-state index in [2.05, 4.69) is 14.0 Å². The molecule has 9 heteroatoms. The first-order valence-electron chi connectivity index (χ1n) is 5.60. The van der Waals surface area contributed by atoms with Gasteiger partial charge in [-0.05, 0) is 4.57 Å². The van der Waals surface area contributed by atoms with Gasteiger partial charge >= 0.3 is 20.1 Å². The van der Waals surface area contributed by atoms with Gasteiger partial charge in [0.1, 0.15) is 6.61 Å². The van der Waals surface area contributed by atoms with E-state index in [1.165, 1.54) is 6.66 Å². The molecule has 0 spiro atoms. The number of alkyl halides is 1. The van der Waals surface area contributed by atoms with Gasteiger partial charge < -0.3 is 9.47 Å². The molecule has 0 aromatic rings. The van der Waals surface area contributed by atoms with E-state index in [1.807, 2.05) is 5.32 Å². The van der Waals surface area contributed by atoms with E-state index in [1.54, 1.807) is 13.8 Å². The van der Waals surface area contributed by atoms with E-state index in [9.17, 15) is 18.5 Å². The number of amides is 1. The summed E-state index contributed by atoms with van der Waals surface area (Å²) >= 11 is 0. The van der Waals surface area contributed by atoms with E-state index in [0.29, 0.717) is 0 Å². The van der Waals surface area contributed by atoms with Gasteiger partial charge in [0.15, 0.2) is 13.0 Å². The third kappa shape index (κ3) is 10.3. The summed E-state index contributed by atoms with van der Waals surface area (Å²) in [6.45, 7) is 3.92. The quantitative estimate of drug-likeness (QED) is 0.319. The molecule has 0 aliphatic heterocycles. The molecule has 0 aromatic heterocycles. The van der Waals surface area contributed by atoms with Crippen molar-refractivity contribution >= 4 is 20.1 Å². The highest BCUT2D eigenvalue weighted by atomic mass is 31.1. The summed E-state index contributed by atoms with van der Waals surface area (Å²) in [4.78, 5) is 22.0. The van der Waals surface area contributed by atoms with Crippen molar-refractivity contribution in [3.8, 4) is 0 Å². The first-order chi connectivity index (χ1) is 8.82. The number of carbonyl (C=O) groups excluding carboxylic acids is 2. The highest BCUT2D eigenvalue weighted by molar-refractivity contribution is 7.38. The summed E-state index contributed by atoms with van der Waals surface area (Å²) in [5, 5.41) is 1.86. The van der Waals surface area contributed by atoms with Crippen LogP contribution in [0.2, 0.25) is 0 Å². The minimum atomic E-state index is -1.79. The van der Waals surface area contributed by atoms with Gasteiger partial charge in [0.2, 0.25) is 6.79 Å². The molecule has 2 unspecified atom stereocenters. The maximum atomic E-state index is 13.1. The van der Waals surface area contributed by atoms with Gasteiger partial charge in [-0.2, -0.15) is 0 Å². The maximum absolute atomic E-state index is 13.1. The van der Waals surface area contributed by atoms with Crippen molar-refractivity contribution in [2.45, 2.75) is 26.6 Å². The Kier molecular flexibility index (Phi) is 8.99. The first kappa shape index (κ1) is 17.7. The molecular weight excluding hydrogens is 280 g/mol. The van der Waals surface area contributed by atoms with Gasteiger partial charge in [0.25, 0.3) is 0 Å². The number of carbonyl (C=O) groups is 2. The summed E-state index contributed by atoms with van der Waals surface area (Å²) in [6, 6.07) is 0. The second-order valence-corrected chi connectivity index (χ2v) is 4.98. The van der Waals surface area contributed by atoms with Crippen molar-refractivity contribution in [1.29, 1.82) is 0 Å². The lowest BCUT2D eigenvalue weighted by atomic mass is 10.2. The molecule has 19 heavy (non-hydrogen) atoms. The Morgan fingerprint density at radius 2 is 1.95 bits per heavy atom. The van der Waals surface area contributed by atoms with E-state index >= 15 is 0 Å². The van der Waals surface area contributed by atoms with Crippen LogP contribution in [0.3, 0.4) is 0 Å². The molecule has 0 saturated carbocycles. The average molecular weight is 298 g/mol. The molecular formula is C10H18FNO6P+. The Bertz CT molecular complexity index is 325. The highest BCUT2D eigenvalue weighted by Crippen LogP contribution is 2.15. The Balaban J connectivity index is 3.67. The zero-order valence-electron chi connectivity index (χ0n) is 11.1. The number of rotatable bonds is 8. The fraction of sp³-hybridized carbons (Fsp3) is 0.800. The molecule has 110 valence electrons. The molecule has 0 fully saturated rings. The van der Waals surface area contributed by atoms with E-state index in [0.717, 1.165) is 0 Å². The molecule has 0 aliphatic rings. The molecule has 0 aliphatic carbocycles. The Hall–Kier alpha value is -1.27. The Morgan fingerprint density at radius 3 is 2.47 bits per heavy atom. The molecule has 0 radical (unpaired) electrons. The second-order valence-electron chi connectivity index (χ2n) is 3.84. The van der Waals surface area contributed by atoms with Gasteiger partial charge in [0, 0.05) is 6.42 Å². The van der Waals surface area contributed by atoms with Crippen molar-refractivity contribution < 1.29 is 32.5 Å². The molecule has 1 amide bonds. The van der Waals surface area contributed by atoms with Crippen LogP contribution in [-0.2, 0) is 23.4 Å². The predicted molar refractivity (Wildman–Crippen MR) is 64.4 cm³/mol. The fourth-order valence-electron chi connectivity index (χ4n) is 0.834. The van der Waals surface area contributed by atoms with Crippen LogP contribution in [-0.4, -0.2) is 38.4 Å². The zero-order chi connectivity index (χ0) is 14.8. The summed E-state index contributed by atoms with van der Waals surface area (Å²) in [5.74, 6) is -0.862. The van der Waals surface area contributed by atoms with Gasteiger partial charge in [-0.3, -0.25) is 10.1 Å². The average Bonchev–Trinajstić information content (AvgIpc) is 2.27. The predicted octanol–water partition coefficient (Wildman–Crippen LogP) is 1.94. The minimum Gasteiger partial charge on any atom is -0.428 e. The van der Waals surface area contributed by atoms with Gasteiger partial charge in [0.05, 0.1) is 5.92 Å². The number of alkyl carbamates (subject to hydrolysis) is 1. The lowest BCUT2D eigenvalue weighted by Crippen LogP contribution is -2.33. The summed E-state index contributed by atoms with van der Waals surface area (Å²) in [5.41, 5.74) is 0. The summed E-state index contributed by atoms with van der Waals surface area (Å²) in [7, 11) is -1.79. The van der Waals surface area contributed by atoms with Crippen molar-refractivity contribution in [1.82, 2.24) is 5.32 Å². The van der Waals surface area contributed by atoms with Gasteiger partial charge in [-0.25, -0.2) is 9.18 Å². The van der Waals surface area contributed by atoms with Gasteiger partial charge in [-0.15, -0.1) is 4.52 Å². The van der Waals surface area contributed by atoms with Crippen LogP contribution in [0.1, 0.15) is 20.3 Å².